The number of rotatable bonds is 2. The van der Waals surface area contributed by atoms with Crippen molar-refractivity contribution in [2.45, 2.75) is 37.2 Å². The summed E-state index contributed by atoms with van der Waals surface area (Å²) in [5.41, 5.74) is 5.99. The van der Waals surface area contributed by atoms with Gasteiger partial charge in [0.1, 0.15) is 0 Å². The molecule has 6 heteroatoms. The van der Waals surface area contributed by atoms with Crippen LogP contribution in [0.1, 0.15) is 25.3 Å². The van der Waals surface area contributed by atoms with Gasteiger partial charge in [-0.15, -0.1) is 0 Å². The normalized spacial score (nSPS) is 25.4. The summed E-state index contributed by atoms with van der Waals surface area (Å²) < 4.78 is 26.4. The van der Waals surface area contributed by atoms with Gasteiger partial charge in [0, 0.05) is 18.8 Å². The first-order valence-electron chi connectivity index (χ1n) is 6.30. The van der Waals surface area contributed by atoms with E-state index < -0.39 is 15.6 Å². The molecule has 1 fully saturated rings. The Balaban J connectivity index is 2.36. The third kappa shape index (κ3) is 3.08. The summed E-state index contributed by atoms with van der Waals surface area (Å²) in [5.74, 6) is 0. The Kier molecular flexibility index (Phi) is 3.59. The Labute approximate surface area is 114 Å². The summed E-state index contributed by atoms with van der Waals surface area (Å²) in [7, 11) is -3.58. The second-order valence-electron chi connectivity index (χ2n) is 5.52. The largest absolute Gasteiger partial charge is 0.399 e. The van der Waals surface area contributed by atoms with Crippen molar-refractivity contribution in [3.63, 3.8) is 0 Å². The maximum Gasteiger partial charge on any atom is 0.243 e. The third-order valence-electron chi connectivity index (χ3n) is 3.35. The summed E-state index contributed by atoms with van der Waals surface area (Å²) >= 11 is 0. The first kappa shape index (κ1) is 14.3. The Morgan fingerprint density at radius 1 is 1.37 bits per heavy atom. The lowest BCUT2D eigenvalue weighted by Gasteiger charge is -2.36. The molecule has 0 saturated carbocycles. The van der Waals surface area contributed by atoms with Crippen LogP contribution in [-0.4, -0.2) is 36.5 Å². The van der Waals surface area contributed by atoms with Crippen molar-refractivity contribution in [2.75, 3.05) is 18.8 Å². The number of β-amino-alcohol motifs (C(OH)–C–C–N with tert-alkyl or cyclic N) is 1. The second kappa shape index (κ2) is 4.77. The zero-order valence-electron chi connectivity index (χ0n) is 11.3. The quantitative estimate of drug-likeness (QED) is 0.797. The van der Waals surface area contributed by atoms with Crippen molar-refractivity contribution < 1.29 is 13.5 Å². The van der Waals surface area contributed by atoms with Gasteiger partial charge in [0.05, 0.1) is 10.5 Å². The van der Waals surface area contributed by atoms with Crippen LogP contribution in [0.15, 0.2) is 23.1 Å². The van der Waals surface area contributed by atoms with Crippen molar-refractivity contribution in [1.29, 1.82) is 0 Å². The van der Waals surface area contributed by atoms with Gasteiger partial charge in [-0.05, 0) is 50.5 Å². The number of hydrogen-bond acceptors (Lipinski definition) is 4. The van der Waals surface area contributed by atoms with E-state index in [2.05, 4.69) is 0 Å². The highest BCUT2D eigenvalue weighted by Gasteiger charge is 2.35. The van der Waals surface area contributed by atoms with Gasteiger partial charge in [-0.3, -0.25) is 0 Å². The molecule has 0 radical (unpaired) electrons. The van der Waals surface area contributed by atoms with Crippen LogP contribution in [-0.2, 0) is 10.0 Å². The standard InChI is InChI=1S/C13H20N2O3S/c1-10-6-11(14)8-12(7-10)19(17,18)15-5-3-4-13(2,16)9-15/h6-8,16H,3-5,9,14H2,1-2H3. The zero-order chi connectivity index (χ0) is 14.3. The van der Waals surface area contributed by atoms with Gasteiger partial charge in [-0.1, -0.05) is 0 Å². The van der Waals surface area contributed by atoms with Crippen LogP contribution in [0.3, 0.4) is 0 Å². The molecule has 1 heterocycles. The Morgan fingerprint density at radius 2 is 2.05 bits per heavy atom. The molecule has 1 atom stereocenters. The molecule has 0 bridgehead atoms. The number of benzene rings is 1. The van der Waals surface area contributed by atoms with E-state index in [4.69, 9.17) is 5.73 Å². The average Bonchev–Trinajstić information content (AvgIpc) is 2.26. The Morgan fingerprint density at radius 3 is 2.63 bits per heavy atom. The summed E-state index contributed by atoms with van der Waals surface area (Å²) in [4.78, 5) is 0.197. The maximum atomic E-state index is 12.5. The fourth-order valence-electron chi connectivity index (χ4n) is 2.45. The Hall–Kier alpha value is -1.11. The van der Waals surface area contributed by atoms with Crippen molar-refractivity contribution in [3.05, 3.63) is 23.8 Å². The highest BCUT2D eigenvalue weighted by atomic mass is 32.2. The molecule has 1 unspecified atom stereocenters. The Bertz CT molecular complexity index is 561. The molecule has 5 nitrogen and oxygen atoms in total. The number of nitrogen functional groups attached to an aromatic ring is 1. The number of aliphatic hydroxyl groups is 1. The van der Waals surface area contributed by atoms with E-state index in [9.17, 15) is 13.5 Å². The van der Waals surface area contributed by atoms with E-state index in [0.717, 1.165) is 5.56 Å². The molecule has 1 aromatic carbocycles. The summed E-state index contributed by atoms with van der Waals surface area (Å²) in [6, 6.07) is 4.80. The first-order chi connectivity index (χ1) is 8.71. The average molecular weight is 284 g/mol. The van der Waals surface area contributed by atoms with Crippen LogP contribution >= 0.6 is 0 Å². The van der Waals surface area contributed by atoms with E-state index in [1.54, 1.807) is 19.1 Å². The predicted octanol–water partition coefficient (Wildman–Crippen LogP) is 1.11. The highest BCUT2D eigenvalue weighted by Crippen LogP contribution is 2.27. The van der Waals surface area contributed by atoms with E-state index in [1.807, 2.05) is 6.92 Å². The van der Waals surface area contributed by atoms with E-state index in [-0.39, 0.29) is 11.4 Å². The molecule has 0 amide bonds. The van der Waals surface area contributed by atoms with Crippen molar-refractivity contribution >= 4 is 15.7 Å². The van der Waals surface area contributed by atoms with E-state index in [0.29, 0.717) is 25.1 Å². The molecule has 1 aliphatic heterocycles. The van der Waals surface area contributed by atoms with Gasteiger partial charge in [0.2, 0.25) is 10.0 Å². The molecule has 0 aromatic heterocycles. The number of aryl methyl sites for hydroxylation is 1. The highest BCUT2D eigenvalue weighted by molar-refractivity contribution is 7.89. The number of nitrogens with zero attached hydrogens (tertiary/aromatic N) is 1. The minimum Gasteiger partial charge on any atom is -0.399 e. The number of hydrogen-bond donors (Lipinski definition) is 2. The summed E-state index contributed by atoms with van der Waals surface area (Å²) in [6.45, 7) is 4.04. The second-order valence-corrected chi connectivity index (χ2v) is 7.46. The smallest absolute Gasteiger partial charge is 0.243 e. The van der Waals surface area contributed by atoms with Crippen molar-refractivity contribution in [3.8, 4) is 0 Å². The van der Waals surface area contributed by atoms with Crippen LogP contribution in [0.5, 0.6) is 0 Å². The lowest BCUT2D eigenvalue weighted by Crippen LogP contribution is -2.48. The molecule has 2 rings (SSSR count). The molecule has 0 aliphatic carbocycles. The van der Waals surface area contributed by atoms with Gasteiger partial charge < -0.3 is 10.8 Å². The number of piperidine rings is 1. The van der Waals surface area contributed by atoms with Gasteiger partial charge in [0.15, 0.2) is 0 Å². The van der Waals surface area contributed by atoms with Crippen LogP contribution in [0.25, 0.3) is 0 Å². The van der Waals surface area contributed by atoms with Gasteiger partial charge in [-0.25, -0.2) is 8.42 Å². The molecule has 3 N–H and O–H groups in total. The SMILES string of the molecule is Cc1cc(N)cc(S(=O)(=O)N2CCCC(C)(O)C2)c1. The molecule has 1 aliphatic rings. The lowest BCUT2D eigenvalue weighted by molar-refractivity contribution is 0.00940. The number of nitrogens with two attached hydrogens (primary N) is 1. The van der Waals surface area contributed by atoms with Crippen LogP contribution < -0.4 is 5.73 Å². The molecule has 0 spiro atoms. The van der Waals surface area contributed by atoms with Crippen molar-refractivity contribution in [1.82, 2.24) is 4.31 Å². The van der Waals surface area contributed by atoms with Crippen LogP contribution in [0, 0.1) is 6.92 Å². The summed E-state index contributed by atoms with van der Waals surface area (Å²) in [6.07, 6.45) is 1.28. The molecule has 19 heavy (non-hydrogen) atoms. The fourth-order valence-corrected chi connectivity index (χ4v) is 4.19. The maximum absolute atomic E-state index is 12.5. The minimum atomic E-state index is -3.58. The third-order valence-corrected chi connectivity index (χ3v) is 5.17. The summed E-state index contributed by atoms with van der Waals surface area (Å²) in [5, 5.41) is 10.0. The van der Waals surface area contributed by atoms with Crippen molar-refractivity contribution in [2.24, 2.45) is 0 Å². The predicted molar refractivity (Wildman–Crippen MR) is 74.2 cm³/mol. The topological polar surface area (TPSA) is 83.6 Å². The minimum absolute atomic E-state index is 0.128. The number of anilines is 1. The molecule has 106 valence electrons. The molecular formula is C13H20N2O3S. The van der Waals surface area contributed by atoms with Gasteiger partial charge in [0.25, 0.3) is 0 Å². The molecule has 1 aromatic rings. The van der Waals surface area contributed by atoms with Crippen LogP contribution in [0.4, 0.5) is 5.69 Å². The number of sulfonamides is 1. The van der Waals surface area contributed by atoms with E-state index >= 15 is 0 Å². The monoisotopic (exact) mass is 284 g/mol. The van der Waals surface area contributed by atoms with Gasteiger partial charge >= 0.3 is 0 Å². The van der Waals surface area contributed by atoms with E-state index in [1.165, 1.54) is 10.4 Å². The van der Waals surface area contributed by atoms with Gasteiger partial charge in [-0.2, -0.15) is 4.31 Å². The van der Waals surface area contributed by atoms with Crippen LogP contribution in [0.2, 0.25) is 0 Å². The molecular weight excluding hydrogens is 264 g/mol. The fraction of sp³-hybridized carbons (Fsp3) is 0.538. The first-order valence-corrected chi connectivity index (χ1v) is 7.74. The molecule has 1 saturated heterocycles. The lowest BCUT2D eigenvalue weighted by atomic mass is 9.97. The zero-order valence-corrected chi connectivity index (χ0v) is 12.1.